The molecule has 0 unspecified atom stereocenters. The molecule has 0 atom stereocenters. The number of hydrogen-bond donors (Lipinski definition) is 0. The fraction of sp³-hybridized carbons (Fsp3) is 0.478. The van der Waals surface area contributed by atoms with Crippen LogP contribution in [0.15, 0.2) is 28.0 Å². The van der Waals surface area contributed by atoms with E-state index in [9.17, 15) is 9.59 Å². The predicted molar refractivity (Wildman–Crippen MR) is 133 cm³/mol. The maximum absolute atomic E-state index is 13.5. The quantitative estimate of drug-likeness (QED) is 0.362. The van der Waals surface area contributed by atoms with Crippen molar-refractivity contribution < 1.29 is 9.53 Å². The third-order valence-electron chi connectivity index (χ3n) is 5.95. The van der Waals surface area contributed by atoms with Crippen LogP contribution in [0.1, 0.15) is 37.3 Å². The fourth-order valence-corrected chi connectivity index (χ4v) is 5.32. The molecule has 2 aliphatic rings. The lowest BCUT2D eigenvalue weighted by Gasteiger charge is -2.32. The summed E-state index contributed by atoms with van der Waals surface area (Å²) in [6, 6.07) is 3.82. The molecule has 0 bridgehead atoms. The van der Waals surface area contributed by atoms with Crippen molar-refractivity contribution in [3.63, 3.8) is 0 Å². The monoisotopic (exact) mass is 472 g/mol. The van der Waals surface area contributed by atoms with Gasteiger partial charge in [0.05, 0.1) is 10.5 Å². The van der Waals surface area contributed by atoms with Crippen LogP contribution in [0.4, 0.5) is 5.82 Å². The van der Waals surface area contributed by atoms with Crippen molar-refractivity contribution >= 4 is 51.7 Å². The molecular formula is C23H28N4O3S2. The smallest absolute Gasteiger partial charge is 0.267 e. The Labute approximate surface area is 197 Å². The Morgan fingerprint density at radius 3 is 2.75 bits per heavy atom. The van der Waals surface area contributed by atoms with Gasteiger partial charge in [0.25, 0.3) is 11.5 Å². The number of nitrogens with zero attached hydrogens (tertiary/aromatic N) is 4. The molecule has 170 valence electrons. The van der Waals surface area contributed by atoms with Gasteiger partial charge in [-0.3, -0.25) is 18.9 Å². The zero-order valence-electron chi connectivity index (χ0n) is 18.7. The molecule has 2 aromatic heterocycles. The number of anilines is 1. The van der Waals surface area contributed by atoms with Gasteiger partial charge in [0.1, 0.15) is 15.8 Å². The average Bonchev–Trinajstić information content (AvgIpc) is 3.04. The van der Waals surface area contributed by atoms with Gasteiger partial charge in [-0.05, 0) is 49.8 Å². The van der Waals surface area contributed by atoms with Crippen molar-refractivity contribution in [3.05, 3.63) is 44.7 Å². The average molecular weight is 473 g/mol. The molecule has 4 heterocycles. The molecule has 7 nitrogen and oxygen atoms in total. The number of ether oxygens (including phenoxy) is 1. The number of thioether (sulfide) groups is 1. The van der Waals surface area contributed by atoms with Crippen LogP contribution in [0.25, 0.3) is 11.7 Å². The first kappa shape index (κ1) is 22.9. The lowest BCUT2D eigenvalue weighted by atomic mass is 9.99. The van der Waals surface area contributed by atoms with E-state index in [4.69, 9.17) is 21.9 Å². The van der Waals surface area contributed by atoms with Crippen molar-refractivity contribution in [2.75, 3.05) is 38.3 Å². The number of amides is 1. The fourth-order valence-electron chi connectivity index (χ4n) is 4.03. The third kappa shape index (κ3) is 4.60. The first-order valence-corrected chi connectivity index (χ1v) is 12.1. The molecule has 0 saturated carbocycles. The maximum atomic E-state index is 13.5. The number of methoxy groups -OCH3 is 1. The number of hydrogen-bond acceptors (Lipinski definition) is 7. The number of piperidine rings is 1. The normalized spacial score (nSPS) is 19.0. The predicted octanol–water partition coefficient (Wildman–Crippen LogP) is 3.48. The van der Waals surface area contributed by atoms with E-state index in [0.29, 0.717) is 51.7 Å². The second-order valence-corrected chi connectivity index (χ2v) is 10.1. The van der Waals surface area contributed by atoms with Crippen LogP contribution in [-0.4, -0.2) is 57.9 Å². The molecule has 0 radical (unpaired) electrons. The summed E-state index contributed by atoms with van der Waals surface area (Å²) in [6.45, 7) is 6.93. The van der Waals surface area contributed by atoms with Crippen molar-refractivity contribution in [1.82, 2.24) is 14.3 Å². The minimum absolute atomic E-state index is 0.164. The molecule has 9 heteroatoms. The van der Waals surface area contributed by atoms with E-state index in [1.807, 2.05) is 19.1 Å². The van der Waals surface area contributed by atoms with Gasteiger partial charge < -0.3 is 9.64 Å². The molecule has 1 amide bonds. The van der Waals surface area contributed by atoms with E-state index in [1.54, 1.807) is 28.7 Å². The number of pyridine rings is 1. The van der Waals surface area contributed by atoms with E-state index in [2.05, 4.69) is 11.8 Å². The van der Waals surface area contributed by atoms with E-state index in [1.165, 1.54) is 11.8 Å². The van der Waals surface area contributed by atoms with Gasteiger partial charge in [-0.15, -0.1) is 0 Å². The highest BCUT2D eigenvalue weighted by atomic mass is 32.2. The molecular weight excluding hydrogens is 444 g/mol. The number of aromatic nitrogens is 2. The molecule has 0 aromatic carbocycles. The Hall–Kier alpha value is -2.23. The number of fused-ring (bicyclic) bond motifs is 1. The van der Waals surface area contributed by atoms with Gasteiger partial charge in [-0.2, -0.15) is 0 Å². The van der Waals surface area contributed by atoms with Crippen LogP contribution in [0.2, 0.25) is 0 Å². The lowest BCUT2D eigenvalue weighted by Crippen LogP contribution is -2.36. The molecule has 32 heavy (non-hydrogen) atoms. The Kier molecular flexibility index (Phi) is 6.97. The highest BCUT2D eigenvalue weighted by Gasteiger charge is 2.32. The third-order valence-corrected chi connectivity index (χ3v) is 7.33. The number of aryl methyl sites for hydroxylation is 1. The van der Waals surface area contributed by atoms with E-state index in [0.717, 1.165) is 31.5 Å². The topological polar surface area (TPSA) is 67.2 Å². The Morgan fingerprint density at radius 2 is 2.03 bits per heavy atom. The first-order valence-electron chi connectivity index (χ1n) is 10.9. The summed E-state index contributed by atoms with van der Waals surface area (Å²) in [5.74, 6) is 1.14. The standard InChI is InChI=1S/C23H28N4O3S2/c1-15-7-10-25(11-8-15)20-17(21(28)27-14-16(2)5-6-19(27)24-20)13-18-22(29)26(23(31)32-18)9-4-12-30-3/h5-6,13-15H,4,7-12H2,1-3H3/b18-13-. The Balaban J connectivity index is 1.77. The number of thiocarbonyl (C=S) groups is 1. The van der Waals surface area contributed by atoms with Crippen molar-refractivity contribution in [1.29, 1.82) is 0 Å². The van der Waals surface area contributed by atoms with Gasteiger partial charge in [0, 0.05) is 39.5 Å². The summed E-state index contributed by atoms with van der Waals surface area (Å²) in [4.78, 5) is 35.7. The van der Waals surface area contributed by atoms with Gasteiger partial charge in [-0.25, -0.2) is 4.98 Å². The largest absolute Gasteiger partial charge is 0.385 e. The summed E-state index contributed by atoms with van der Waals surface area (Å²) in [7, 11) is 1.63. The summed E-state index contributed by atoms with van der Waals surface area (Å²) in [5, 5.41) is 0. The van der Waals surface area contributed by atoms with Crippen LogP contribution < -0.4 is 10.5 Å². The minimum atomic E-state index is -0.169. The zero-order chi connectivity index (χ0) is 22.8. The highest BCUT2D eigenvalue weighted by molar-refractivity contribution is 8.26. The molecule has 2 aromatic rings. The zero-order valence-corrected chi connectivity index (χ0v) is 20.3. The second-order valence-electron chi connectivity index (χ2n) is 8.44. The van der Waals surface area contributed by atoms with Crippen molar-refractivity contribution in [2.24, 2.45) is 5.92 Å². The molecule has 2 aliphatic heterocycles. The van der Waals surface area contributed by atoms with Crippen LogP contribution in [0.3, 0.4) is 0 Å². The summed E-state index contributed by atoms with van der Waals surface area (Å²) in [6.07, 6.45) is 6.28. The molecule has 2 saturated heterocycles. The van der Waals surface area contributed by atoms with E-state index < -0.39 is 0 Å². The van der Waals surface area contributed by atoms with Gasteiger partial charge >= 0.3 is 0 Å². The molecule has 2 fully saturated rings. The minimum Gasteiger partial charge on any atom is -0.385 e. The maximum Gasteiger partial charge on any atom is 0.267 e. The van der Waals surface area contributed by atoms with Crippen LogP contribution in [-0.2, 0) is 9.53 Å². The van der Waals surface area contributed by atoms with Crippen LogP contribution in [0, 0.1) is 12.8 Å². The molecule has 0 N–H and O–H groups in total. The molecule has 4 rings (SSSR count). The molecule has 0 aliphatic carbocycles. The molecule has 0 spiro atoms. The SMILES string of the molecule is COCCCN1C(=O)/C(=C/c2c(N3CCC(C)CC3)nc3ccc(C)cn3c2=O)SC1=S. The summed E-state index contributed by atoms with van der Waals surface area (Å²) >= 11 is 6.68. The number of rotatable bonds is 6. The van der Waals surface area contributed by atoms with Gasteiger partial charge in [0.2, 0.25) is 0 Å². The van der Waals surface area contributed by atoms with Crippen molar-refractivity contribution in [3.8, 4) is 0 Å². The van der Waals surface area contributed by atoms with E-state index >= 15 is 0 Å². The van der Waals surface area contributed by atoms with Crippen LogP contribution >= 0.6 is 24.0 Å². The van der Waals surface area contributed by atoms with Gasteiger partial charge in [-0.1, -0.05) is 37.0 Å². The number of carbonyl (C=O) groups is 1. The summed E-state index contributed by atoms with van der Waals surface area (Å²) in [5.41, 5.74) is 1.85. The second kappa shape index (κ2) is 9.72. The van der Waals surface area contributed by atoms with Gasteiger partial charge in [0.15, 0.2) is 0 Å². The first-order chi connectivity index (χ1) is 15.4. The highest BCUT2D eigenvalue weighted by Crippen LogP contribution is 2.34. The van der Waals surface area contributed by atoms with Crippen molar-refractivity contribution in [2.45, 2.75) is 33.1 Å². The van der Waals surface area contributed by atoms with Crippen LogP contribution in [0.5, 0.6) is 0 Å². The Morgan fingerprint density at radius 1 is 1.28 bits per heavy atom. The lowest BCUT2D eigenvalue weighted by molar-refractivity contribution is -0.122. The Bertz CT molecular complexity index is 1140. The van der Waals surface area contributed by atoms with E-state index in [-0.39, 0.29) is 11.5 Å². The summed E-state index contributed by atoms with van der Waals surface area (Å²) < 4.78 is 7.17. The number of carbonyl (C=O) groups excluding carboxylic acids is 1.